The molecule has 3 atom stereocenters. The van der Waals surface area contributed by atoms with Crippen molar-refractivity contribution in [3.05, 3.63) is 0 Å². The van der Waals surface area contributed by atoms with E-state index in [4.69, 9.17) is 14.2 Å². The number of carbonyl (C=O) groups excluding carboxylic acids is 3. The van der Waals surface area contributed by atoms with Crippen LogP contribution in [0, 0.1) is 5.41 Å². The Kier molecular flexibility index (Phi) is 8.52. The second-order valence-corrected chi connectivity index (χ2v) is 9.61. The molecule has 0 aromatic carbocycles. The summed E-state index contributed by atoms with van der Waals surface area (Å²) < 4.78 is 18.3. The molecule has 0 aromatic rings. The molecule has 3 amide bonds. The van der Waals surface area contributed by atoms with Gasteiger partial charge in [0.1, 0.15) is 18.7 Å². The van der Waals surface area contributed by atoms with Crippen LogP contribution >= 0.6 is 0 Å². The first-order chi connectivity index (χ1) is 15.2. The first-order valence-electron chi connectivity index (χ1n) is 11.9. The van der Waals surface area contributed by atoms with Crippen molar-refractivity contribution in [2.75, 3.05) is 39.5 Å². The van der Waals surface area contributed by atoms with Gasteiger partial charge in [0, 0.05) is 44.3 Å². The predicted molar refractivity (Wildman–Crippen MR) is 117 cm³/mol. The standard InChI is InChI=1S/C23H39N3O6/c1-17(24-11-5-8-20(24)27)30-14-23(4,15-31-18(2)25-12-6-9-21(25)28)16-32-19(3)26-13-7-10-22(26)29/h17-19H,5-16H2,1-4H3. The van der Waals surface area contributed by atoms with Gasteiger partial charge < -0.3 is 28.9 Å². The third-order valence-electron chi connectivity index (χ3n) is 6.67. The highest BCUT2D eigenvalue weighted by Gasteiger charge is 2.34. The smallest absolute Gasteiger partial charge is 0.224 e. The number of ether oxygens (including phenoxy) is 3. The van der Waals surface area contributed by atoms with Gasteiger partial charge in [-0.05, 0) is 40.0 Å². The number of likely N-dealkylation sites (tertiary alicyclic amines) is 3. The van der Waals surface area contributed by atoms with Crippen LogP contribution in [0.2, 0.25) is 0 Å². The van der Waals surface area contributed by atoms with Gasteiger partial charge in [0.25, 0.3) is 0 Å². The summed E-state index contributed by atoms with van der Waals surface area (Å²) in [5.41, 5.74) is -0.509. The summed E-state index contributed by atoms with van der Waals surface area (Å²) in [5, 5.41) is 0. The second kappa shape index (κ2) is 10.9. The summed E-state index contributed by atoms with van der Waals surface area (Å²) in [6.07, 6.45) is 3.33. The van der Waals surface area contributed by atoms with Gasteiger partial charge in [-0.3, -0.25) is 14.4 Å². The summed E-state index contributed by atoms with van der Waals surface area (Å²) in [5.74, 6) is 0.358. The monoisotopic (exact) mass is 453 g/mol. The van der Waals surface area contributed by atoms with Crippen LogP contribution in [0.3, 0.4) is 0 Å². The van der Waals surface area contributed by atoms with Crippen molar-refractivity contribution >= 4 is 17.7 Å². The lowest BCUT2D eigenvalue weighted by atomic mass is 9.94. The summed E-state index contributed by atoms with van der Waals surface area (Å²) >= 11 is 0. The largest absolute Gasteiger partial charge is 0.358 e. The minimum Gasteiger partial charge on any atom is -0.358 e. The van der Waals surface area contributed by atoms with Crippen molar-refractivity contribution in [3.63, 3.8) is 0 Å². The number of rotatable bonds is 12. The number of hydrogen-bond acceptors (Lipinski definition) is 6. The Morgan fingerprint density at radius 2 is 0.938 bits per heavy atom. The average molecular weight is 454 g/mol. The van der Waals surface area contributed by atoms with Gasteiger partial charge in [-0.1, -0.05) is 6.92 Å². The van der Waals surface area contributed by atoms with E-state index in [0.29, 0.717) is 58.7 Å². The second-order valence-electron chi connectivity index (χ2n) is 9.61. The molecule has 9 heteroatoms. The van der Waals surface area contributed by atoms with Gasteiger partial charge in [0.2, 0.25) is 17.7 Å². The molecular formula is C23H39N3O6. The zero-order valence-electron chi connectivity index (χ0n) is 20.0. The van der Waals surface area contributed by atoms with Gasteiger partial charge in [-0.2, -0.15) is 0 Å². The Bertz CT molecular complexity index is 598. The molecule has 182 valence electrons. The Hall–Kier alpha value is -1.71. The number of hydrogen-bond donors (Lipinski definition) is 0. The molecule has 0 aliphatic carbocycles. The maximum atomic E-state index is 12.0. The van der Waals surface area contributed by atoms with Crippen molar-refractivity contribution in [2.45, 2.75) is 84.9 Å². The lowest BCUT2D eigenvalue weighted by Gasteiger charge is -2.36. The van der Waals surface area contributed by atoms with Crippen LogP contribution in [0.25, 0.3) is 0 Å². The summed E-state index contributed by atoms with van der Waals surface area (Å²) in [6.45, 7) is 10.8. The number of nitrogens with zero attached hydrogens (tertiary/aromatic N) is 3. The van der Waals surface area contributed by atoms with Crippen molar-refractivity contribution in [3.8, 4) is 0 Å². The predicted octanol–water partition coefficient (Wildman–Crippen LogP) is 1.95. The minimum atomic E-state index is -0.509. The molecule has 3 rings (SSSR count). The first-order valence-corrected chi connectivity index (χ1v) is 11.9. The zero-order valence-corrected chi connectivity index (χ0v) is 20.0. The number of carbonyl (C=O) groups is 3. The van der Waals surface area contributed by atoms with E-state index in [1.807, 2.05) is 27.7 Å². The molecule has 0 N–H and O–H groups in total. The Morgan fingerprint density at radius 1 is 0.656 bits per heavy atom. The Labute approximate surface area is 191 Å². The molecule has 3 aliphatic heterocycles. The summed E-state index contributed by atoms with van der Waals surface area (Å²) in [6, 6.07) is 0. The first kappa shape index (κ1) is 24.9. The summed E-state index contributed by atoms with van der Waals surface area (Å²) in [4.78, 5) is 41.4. The fourth-order valence-corrected chi connectivity index (χ4v) is 4.52. The molecule has 3 unspecified atom stereocenters. The minimum absolute atomic E-state index is 0.119. The van der Waals surface area contributed by atoms with E-state index in [9.17, 15) is 14.4 Å². The van der Waals surface area contributed by atoms with Crippen LogP contribution in [0.4, 0.5) is 0 Å². The van der Waals surface area contributed by atoms with Crippen LogP contribution < -0.4 is 0 Å². The molecule has 3 aliphatic rings. The Balaban J connectivity index is 1.58. The van der Waals surface area contributed by atoms with E-state index in [2.05, 4.69) is 0 Å². The van der Waals surface area contributed by atoms with Gasteiger partial charge >= 0.3 is 0 Å². The molecule has 0 radical (unpaired) electrons. The van der Waals surface area contributed by atoms with Crippen LogP contribution in [0.5, 0.6) is 0 Å². The molecule has 0 aromatic heterocycles. The highest BCUT2D eigenvalue weighted by Crippen LogP contribution is 2.25. The van der Waals surface area contributed by atoms with Crippen molar-refractivity contribution in [2.24, 2.45) is 5.41 Å². The van der Waals surface area contributed by atoms with Crippen LogP contribution in [0.15, 0.2) is 0 Å². The van der Waals surface area contributed by atoms with E-state index >= 15 is 0 Å². The molecular weight excluding hydrogens is 414 g/mol. The van der Waals surface area contributed by atoms with Crippen molar-refractivity contribution in [1.82, 2.24) is 14.7 Å². The van der Waals surface area contributed by atoms with Gasteiger partial charge in [0.15, 0.2) is 0 Å². The molecule has 0 bridgehead atoms. The third kappa shape index (κ3) is 6.20. The number of amides is 3. The SMILES string of the molecule is CC(OCC(C)(COC(C)N1CCCC1=O)COC(C)N1CCCC1=O)N1CCCC1=O. The van der Waals surface area contributed by atoms with Gasteiger partial charge in [-0.25, -0.2) is 0 Å². The van der Waals surface area contributed by atoms with Crippen molar-refractivity contribution in [1.29, 1.82) is 0 Å². The third-order valence-corrected chi connectivity index (χ3v) is 6.67. The molecule has 32 heavy (non-hydrogen) atoms. The maximum absolute atomic E-state index is 12.0. The average Bonchev–Trinajstić information content (AvgIpc) is 3.50. The lowest BCUT2D eigenvalue weighted by molar-refractivity contribution is -0.166. The van der Waals surface area contributed by atoms with Crippen LogP contribution in [-0.4, -0.2) is 90.6 Å². The zero-order chi connectivity index (χ0) is 23.3. The van der Waals surface area contributed by atoms with Crippen LogP contribution in [0.1, 0.15) is 66.2 Å². The fourth-order valence-electron chi connectivity index (χ4n) is 4.52. The topological polar surface area (TPSA) is 88.6 Å². The van der Waals surface area contributed by atoms with E-state index in [0.717, 1.165) is 19.3 Å². The van der Waals surface area contributed by atoms with Crippen LogP contribution in [-0.2, 0) is 28.6 Å². The van der Waals surface area contributed by atoms with E-state index in [-0.39, 0.29) is 36.4 Å². The molecule has 9 nitrogen and oxygen atoms in total. The normalized spacial score (nSPS) is 24.4. The van der Waals surface area contributed by atoms with E-state index in [1.165, 1.54) is 0 Å². The lowest BCUT2D eigenvalue weighted by Crippen LogP contribution is -2.45. The highest BCUT2D eigenvalue weighted by atomic mass is 16.5. The molecule has 3 heterocycles. The quantitative estimate of drug-likeness (QED) is 0.449. The molecule has 3 fully saturated rings. The fraction of sp³-hybridized carbons (Fsp3) is 0.870. The summed E-state index contributed by atoms with van der Waals surface area (Å²) in [7, 11) is 0. The Morgan fingerprint density at radius 3 is 1.16 bits per heavy atom. The molecule has 0 saturated carbocycles. The molecule has 0 spiro atoms. The molecule has 3 saturated heterocycles. The van der Waals surface area contributed by atoms with E-state index in [1.54, 1.807) is 14.7 Å². The van der Waals surface area contributed by atoms with E-state index < -0.39 is 5.41 Å². The van der Waals surface area contributed by atoms with Crippen molar-refractivity contribution < 1.29 is 28.6 Å². The highest BCUT2D eigenvalue weighted by molar-refractivity contribution is 5.79. The van der Waals surface area contributed by atoms with Gasteiger partial charge in [0.05, 0.1) is 19.8 Å². The maximum Gasteiger partial charge on any atom is 0.224 e. The van der Waals surface area contributed by atoms with Gasteiger partial charge in [-0.15, -0.1) is 0 Å².